The highest BCUT2D eigenvalue weighted by molar-refractivity contribution is 6.06. The number of aromatic nitrogens is 3. The zero-order chi connectivity index (χ0) is 18.8. The topological polar surface area (TPSA) is 107 Å². The number of hydrogen-bond donors (Lipinski definition) is 2. The van der Waals surface area contributed by atoms with E-state index in [0.29, 0.717) is 35.3 Å². The van der Waals surface area contributed by atoms with Gasteiger partial charge in [0.1, 0.15) is 17.6 Å². The Labute approximate surface area is 153 Å². The number of hydrazone groups is 1. The monoisotopic (exact) mass is 368 g/mol. The number of fused-ring (bicyclic) bond motifs is 1. The van der Waals surface area contributed by atoms with Crippen molar-refractivity contribution in [1.29, 1.82) is 0 Å². The van der Waals surface area contributed by atoms with Crippen molar-refractivity contribution in [3.8, 4) is 0 Å². The van der Waals surface area contributed by atoms with Crippen LogP contribution in [0.1, 0.15) is 17.7 Å². The molecular formula is C18H17FN6O2. The van der Waals surface area contributed by atoms with Crippen LogP contribution in [0.3, 0.4) is 0 Å². The van der Waals surface area contributed by atoms with E-state index in [9.17, 15) is 9.18 Å². The lowest BCUT2D eigenvalue weighted by Gasteiger charge is -2.23. The highest BCUT2D eigenvalue weighted by Gasteiger charge is 2.26. The Bertz CT molecular complexity index is 1030. The van der Waals surface area contributed by atoms with Gasteiger partial charge in [-0.25, -0.2) is 19.5 Å². The number of hydrogen-bond acceptors (Lipinski definition) is 5. The molecule has 9 heteroatoms. The lowest BCUT2D eigenvalue weighted by Crippen LogP contribution is -2.41. The molecule has 138 valence electrons. The molecule has 1 aliphatic heterocycles. The third-order valence-electron chi connectivity index (χ3n) is 4.31. The summed E-state index contributed by atoms with van der Waals surface area (Å²) in [6.07, 6.45) is 1.79. The summed E-state index contributed by atoms with van der Waals surface area (Å²) < 4.78 is 20.6. The van der Waals surface area contributed by atoms with E-state index in [0.717, 1.165) is 0 Å². The second-order valence-electron chi connectivity index (χ2n) is 6.09. The Morgan fingerprint density at radius 1 is 1.37 bits per heavy atom. The zero-order valence-electron chi connectivity index (χ0n) is 14.3. The average molecular weight is 368 g/mol. The average Bonchev–Trinajstić information content (AvgIpc) is 2.99. The molecule has 0 saturated carbocycles. The number of nitrogens with two attached hydrogens (primary N) is 1. The predicted molar refractivity (Wildman–Crippen MR) is 96.3 cm³/mol. The smallest absolute Gasteiger partial charge is 0.269 e. The molecule has 3 heterocycles. The molecule has 0 bridgehead atoms. The van der Waals surface area contributed by atoms with Gasteiger partial charge in [-0.05, 0) is 18.2 Å². The van der Waals surface area contributed by atoms with E-state index in [1.165, 1.54) is 6.07 Å². The van der Waals surface area contributed by atoms with Gasteiger partial charge in [0, 0.05) is 18.2 Å². The fraction of sp³-hybridized carbons (Fsp3) is 0.222. The van der Waals surface area contributed by atoms with Crippen molar-refractivity contribution >= 4 is 22.8 Å². The summed E-state index contributed by atoms with van der Waals surface area (Å²) in [5, 5.41) is 9.01. The van der Waals surface area contributed by atoms with Crippen LogP contribution in [0.15, 0.2) is 47.7 Å². The Kier molecular flexibility index (Phi) is 4.51. The predicted octanol–water partition coefficient (Wildman–Crippen LogP) is 1.14. The van der Waals surface area contributed by atoms with Gasteiger partial charge in [0.15, 0.2) is 11.5 Å². The summed E-state index contributed by atoms with van der Waals surface area (Å²) in [4.78, 5) is 16.1. The van der Waals surface area contributed by atoms with Crippen LogP contribution >= 0.6 is 0 Å². The first kappa shape index (κ1) is 17.1. The number of carbonyl (C=O) groups is 1. The summed E-state index contributed by atoms with van der Waals surface area (Å²) in [5.41, 5.74) is 9.79. The van der Waals surface area contributed by atoms with E-state index in [-0.39, 0.29) is 24.1 Å². The maximum atomic E-state index is 14.0. The summed E-state index contributed by atoms with van der Waals surface area (Å²) in [6, 6.07) is 10.00. The molecule has 0 aliphatic carbocycles. The Morgan fingerprint density at radius 2 is 2.19 bits per heavy atom. The van der Waals surface area contributed by atoms with E-state index in [1.807, 2.05) is 0 Å². The van der Waals surface area contributed by atoms with Gasteiger partial charge in [-0.1, -0.05) is 18.2 Å². The minimum absolute atomic E-state index is 0.0351. The third kappa shape index (κ3) is 3.36. The number of benzene rings is 1. The van der Waals surface area contributed by atoms with Gasteiger partial charge < -0.3 is 10.5 Å². The normalized spacial score (nSPS) is 16.9. The van der Waals surface area contributed by atoms with Gasteiger partial charge in [0.05, 0.1) is 18.5 Å². The molecule has 0 spiro atoms. The SMILES string of the molecule is N/C(=N\NC(=O)C1CCO1)c1nn(Cc2ccccc2F)c2ncccc12. The number of nitrogens with one attached hydrogen (secondary N) is 1. The number of amidine groups is 1. The van der Waals surface area contributed by atoms with Crippen molar-refractivity contribution in [3.05, 3.63) is 59.7 Å². The van der Waals surface area contributed by atoms with Crippen LogP contribution in [-0.4, -0.2) is 39.2 Å². The first-order valence-electron chi connectivity index (χ1n) is 8.43. The molecule has 1 aliphatic rings. The molecule has 8 nitrogen and oxygen atoms in total. The number of ether oxygens (including phenoxy) is 1. The van der Waals surface area contributed by atoms with Crippen molar-refractivity contribution in [2.24, 2.45) is 10.8 Å². The standard InChI is InChI=1S/C18H17FN6O2/c19-13-6-2-1-4-11(13)10-25-17-12(5-3-8-21-17)15(24-25)16(20)22-23-18(26)14-7-9-27-14/h1-6,8,14H,7,9-10H2,(H2,20,22)(H,23,26). The Hall–Kier alpha value is -3.33. The number of rotatable bonds is 5. The molecule has 3 N–H and O–H groups in total. The number of amides is 1. The van der Waals surface area contributed by atoms with Gasteiger partial charge in [0.25, 0.3) is 5.91 Å². The zero-order valence-corrected chi connectivity index (χ0v) is 14.3. The van der Waals surface area contributed by atoms with E-state index in [4.69, 9.17) is 10.5 Å². The molecule has 1 atom stereocenters. The summed E-state index contributed by atoms with van der Waals surface area (Å²) in [6.45, 7) is 0.754. The van der Waals surface area contributed by atoms with Crippen LogP contribution < -0.4 is 11.2 Å². The summed E-state index contributed by atoms with van der Waals surface area (Å²) >= 11 is 0. The van der Waals surface area contributed by atoms with E-state index in [2.05, 4.69) is 20.6 Å². The first-order chi connectivity index (χ1) is 13.1. The van der Waals surface area contributed by atoms with E-state index in [1.54, 1.807) is 41.2 Å². The molecule has 1 amide bonds. The summed E-state index contributed by atoms with van der Waals surface area (Å²) in [5.74, 6) is -0.640. The van der Waals surface area contributed by atoms with Crippen LogP contribution in [0.2, 0.25) is 0 Å². The van der Waals surface area contributed by atoms with Crippen molar-refractivity contribution < 1.29 is 13.9 Å². The van der Waals surface area contributed by atoms with Gasteiger partial charge in [-0.2, -0.15) is 10.2 Å². The van der Waals surface area contributed by atoms with Crippen molar-refractivity contribution in [2.75, 3.05) is 6.61 Å². The quantitative estimate of drug-likeness (QED) is 0.399. The number of pyridine rings is 1. The molecule has 1 aromatic carbocycles. The number of carbonyl (C=O) groups excluding carboxylic acids is 1. The highest BCUT2D eigenvalue weighted by atomic mass is 19.1. The maximum Gasteiger partial charge on any atom is 0.269 e. The number of nitrogens with zero attached hydrogens (tertiary/aromatic N) is 4. The van der Waals surface area contributed by atoms with Crippen molar-refractivity contribution in [3.63, 3.8) is 0 Å². The molecule has 1 unspecified atom stereocenters. The van der Waals surface area contributed by atoms with Crippen LogP contribution in [0.5, 0.6) is 0 Å². The largest absolute Gasteiger partial charge is 0.380 e. The van der Waals surface area contributed by atoms with Crippen molar-refractivity contribution in [1.82, 2.24) is 20.2 Å². The second kappa shape index (κ2) is 7.12. The fourth-order valence-corrected chi connectivity index (χ4v) is 2.78. The molecule has 27 heavy (non-hydrogen) atoms. The lowest BCUT2D eigenvalue weighted by molar-refractivity contribution is -0.144. The molecule has 4 rings (SSSR count). The fourth-order valence-electron chi connectivity index (χ4n) is 2.78. The second-order valence-corrected chi connectivity index (χ2v) is 6.09. The third-order valence-corrected chi connectivity index (χ3v) is 4.31. The van der Waals surface area contributed by atoms with Crippen LogP contribution in [0.4, 0.5) is 4.39 Å². The van der Waals surface area contributed by atoms with Crippen LogP contribution in [0.25, 0.3) is 11.0 Å². The van der Waals surface area contributed by atoms with Gasteiger partial charge in [0.2, 0.25) is 0 Å². The minimum Gasteiger partial charge on any atom is -0.380 e. The molecule has 2 aromatic heterocycles. The van der Waals surface area contributed by atoms with E-state index < -0.39 is 6.10 Å². The molecule has 0 radical (unpaired) electrons. The first-order valence-corrected chi connectivity index (χ1v) is 8.43. The molecule has 1 fully saturated rings. The Morgan fingerprint density at radius 3 is 2.93 bits per heavy atom. The number of halogens is 1. The Balaban J connectivity index is 1.65. The minimum atomic E-state index is -0.487. The van der Waals surface area contributed by atoms with Crippen molar-refractivity contribution in [2.45, 2.75) is 19.1 Å². The van der Waals surface area contributed by atoms with Crippen LogP contribution in [0, 0.1) is 5.82 Å². The van der Waals surface area contributed by atoms with Gasteiger partial charge in [-0.15, -0.1) is 0 Å². The van der Waals surface area contributed by atoms with Gasteiger partial charge >= 0.3 is 0 Å². The van der Waals surface area contributed by atoms with Crippen LogP contribution in [-0.2, 0) is 16.1 Å². The van der Waals surface area contributed by atoms with Gasteiger partial charge in [-0.3, -0.25) is 4.79 Å². The van der Waals surface area contributed by atoms with E-state index >= 15 is 0 Å². The summed E-state index contributed by atoms with van der Waals surface area (Å²) in [7, 11) is 0. The maximum absolute atomic E-state index is 14.0. The molecule has 3 aromatic rings. The molecular weight excluding hydrogens is 351 g/mol. The molecule has 1 saturated heterocycles. The lowest BCUT2D eigenvalue weighted by atomic mass is 10.2. The highest BCUT2D eigenvalue weighted by Crippen LogP contribution is 2.18.